The zero-order valence-corrected chi connectivity index (χ0v) is 29.4. The number of fused-ring (bicyclic) bond motifs is 16. The third-order valence-corrected chi connectivity index (χ3v) is 13.5. The summed E-state index contributed by atoms with van der Waals surface area (Å²) in [6.07, 6.45) is 0. The maximum Gasteiger partial charge on any atom is 0.235 e. The first kappa shape index (κ1) is 28.7. The third-order valence-electron chi connectivity index (χ3n) is 11.1. The van der Waals surface area contributed by atoms with Gasteiger partial charge < -0.3 is 0 Å². The molecule has 242 valence electrons. The molecule has 4 heterocycles. The second-order valence-corrected chi connectivity index (χ2v) is 15.7. The Balaban J connectivity index is 1.26. The molecule has 0 N–H and O–H groups in total. The molecular weight excluding hydrogens is 671 g/mol. The Bertz CT molecular complexity index is 3070. The minimum absolute atomic E-state index is 0.469. The lowest BCUT2D eigenvalue weighted by Crippen LogP contribution is -2.32. The van der Waals surface area contributed by atoms with Crippen molar-refractivity contribution in [1.82, 2.24) is 14.5 Å². The Hall–Kier alpha value is -6.01. The highest BCUT2D eigenvalue weighted by atomic mass is 32.2. The molecule has 3 aromatic heterocycles. The summed E-state index contributed by atoms with van der Waals surface area (Å²) in [6, 6.07) is 59.7. The van der Waals surface area contributed by atoms with E-state index in [4.69, 9.17) is 9.97 Å². The largest absolute Gasteiger partial charge is 0.277 e. The molecule has 0 saturated carbocycles. The molecule has 12 rings (SSSR count). The van der Waals surface area contributed by atoms with Crippen LogP contribution in [-0.2, 0) is 5.41 Å². The fourth-order valence-electron chi connectivity index (χ4n) is 9.04. The molecule has 3 nitrogen and oxygen atoms in total. The topological polar surface area (TPSA) is 30.7 Å². The normalized spacial score (nSPS) is 13.8. The van der Waals surface area contributed by atoms with Crippen molar-refractivity contribution in [2.24, 2.45) is 0 Å². The van der Waals surface area contributed by atoms with Gasteiger partial charge in [0.25, 0.3) is 0 Å². The lowest BCUT2D eigenvalue weighted by atomic mass is 9.67. The Labute approximate surface area is 307 Å². The van der Waals surface area contributed by atoms with Gasteiger partial charge in [0.2, 0.25) is 5.95 Å². The first-order valence-corrected chi connectivity index (χ1v) is 19.2. The summed E-state index contributed by atoms with van der Waals surface area (Å²) in [5.74, 6) is 0.690. The van der Waals surface area contributed by atoms with Crippen LogP contribution in [0.3, 0.4) is 0 Å². The summed E-state index contributed by atoms with van der Waals surface area (Å²) in [6.45, 7) is 0. The molecule has 52 heavy (non-hydrogen) atoms. The number of hydrogen-bond donors (Lipinski definition) is 0. The van der Waals surface area contributed by atoms with Crippen molar-refractivity contribution in [3.05, 3.63) is 186 Å². The molecule has 5 heteroatoms. The molecule has 7 aromatic carbocycles. The average Bonchev–Trinajstić information content (AvgIpc) is 3.85. The molecule has 0 bridgehead atoms. The first-order valence-electron chi connectivity index (χ1n) is 17.6. The van der Waals surface area contributed by atoms with Crippen molar-refractivity contribution >= 4 is 65.2 Å². The highest BCUT2D eigenvalue weighted by molar-refractivity contribution is 7.99. The molecule has 0 amide bonds. The lowest BCUT2D eigenvalue weighted by molar-refractivity contribution is 0.724. The van der Waals surface area contributed by atoms with Crippen molar-refractivity contribution in [2.45, 2.75) is 15.2 Å². The number of aromatic nitrogens is 3. The second kappa shape index (κ2) is 10.5. The van der Waals surface area contributed by atoms with Crippen LogP contribution in [0.1, 0.15) is 22.3 Å². The molecule has 1 aliphatic heterocycles. The first-order chi connectivity index (χ1) is 25.8. The summed E-state index contributed by atoms with van der Waals surface area (Å²) in [4.78, 5) is 13.5. The second-order valence-electron chi connectivity index (χ2n) is 13.6. The number of hydrogen-bond acceptors (Lipinski definition) is 4. The Morgan fingerprint density at radius 1 is 0.500 bits per heavy atom. The maximum atomic E-state index is 5.52. The summed E-state index contributed by atoms with van der Waals surface area (Å²) in [5.41, 5.74) is 12.7. The Kier molecular flexibility index (Phi) is 5.80. The van der Waals surface area contributed by atoms with Gasteiger partial charge in [0.15, 0.2) is 0 Å². The highest BCUT2D eigenvalue weighted by Crippen LogP contribution is 2.63. The van der Waals surface area contributed by atoms with Crippen LogP contribution in [0.15, 0.2) is 174 Å². The van der Waals surface area contributed by atoms with Crippen LogP contribution >= 0.6 is 23.1 Å². The SMILES string of the molecule is c1ccc(-c2nc(-n3c4ccccc4c4ccc5c(c43)Sc3ccccc3C53c4ccccc4-c4ccccc43)nc3c2sc2ccccc23)cc1. The van der Waals surface area contributed by atoms with Crippen LogP contribution in [0.4, 0.5) is 0 Å². The smallest absolute Gasteiger partial charge is 0.235 e. The molecule has 0 atom stereocenters. The number of benzene rings is 7. The molecule has 10 aromatic rings. The van der Waals surface area contributed by atoms with Gasteiger partial charge in [0, 0.05) is 36.2 Å². The van der Waals surface area contributed by atoms with E-state index in [9.17, 15) is 0 Å². The predicted octanol–water partition coefficient (Wildman–Crippen LogP) is 12.4. The van der Waals surface area contributed by atoms with E-state index >= 15 is 0 Å². The molecule has 0 saturated heterocycles. The van der Waals surface area contributed by atoms with E-state index in [1.807, 2.05) is 11.8 Å². The molecule has 1 spiro atoms. The van der Waals surface area contributed by atoms with Crippen LogP contribution in [-0.4, -0.2) is 14.5 Å². The monoisotopic (exact) mass is 697 g/mol. The third kappa shape index (κ3) is 3.61. The maximum absolute atomic E-state index is 5.52. The van der Waals surface area contributed by atoms with E-state index in [1.165, 1.54) is 58.6 Å². The lowest BCUT2D eigenvalue weighted by Gasteiger charge is -2.40. The van der Waals surface area contributed by atoms with Crippen molar-refractivity contribution in [2.75, 3.05) is 0 Å². The molecule has 0 radical (unpaired) electrons. The summed E-state index contributed by atoms with van der Waals surface area (Å²) in [5, 5.41) is 3.56. The standard InChI is InChI=1S/C47H27N3S2/c1-2-14-28(15-3-1)41-45-42(33-19-7-12-24-39(33)51-45)49-46(48-41)50-38-23-11-6-18-31(38)32-26-27-37-44(43(32)50)52-40-25-13-10-22-36(40)47(37)34-20-8-4-16-29(34)30-17-5-9-21-35(30)47/h1-27H. The van der Waals surface area contributed by atoms with Gasteiger partial charge in [-0.1, -0.05) is 157 Å². The van der Waals surface area contributed by atoms with Gasteiger partial charge in [0.05, 0.1) is 32.4 Å². The molecule has 1 aliphatic carbocycles. The van der Waals surface area contributed by atoms with Gasteiger partial charge in [-0.25, -0.2) is 9.97 Å². The van der Waals surface area contributed by atoms with Crippen LogP contribution in [0.25, 0.3) is 70.4 Å². The van der Waals surface area contributed by atoms with Crippen molar-refractivity contribution in [1.29, 1.82) is 0 Å². The Morgan fingerprint density at radius 2 is 1.15 bits per heavy atom. The molecular formula is C47H27N3S2. The summed E-state index contributed by atoms with van der Waals surface area (Å²) >= 11 is 3.65. The van der Waals surface area contributed by atoms with E-state index < -0.39 is 5.41 Å². The van der Waals surface area contributed by atoms with Crippen molar-refractivity contribution in [3.63, 3.8) is 0 Å². The van der Waals surface area contributed by atoms with Gasteiger partial charge in [-0.15, -0.1) is 11.3 Å². The highest BCUT2D eigenvalue weighted by Gasteiger charge is 2.50. The van der Waals surface area contributed by atoms with Gasteiger partial charge in [-0.2, -0.15) is 0 Å². The minimum Gasteiger partial charge on any atom is -0.277 e. The van der Waals surface area contributed by atoms with Crippen LogP contribution < -0.4 is 0 Å². The quantitative estimate of drug-likeness (QED) is 0.180. The van der Waals surface area contributed by atoms with Crippen LogP contribution in [0.2, 0.25) is 0 Å². The van der Waals surface area contributed by atoms with E-state index in [1.54, 1.807) is 11.3 Å². The molecule has 2 aliphatic rings. The van der Waals surface area contributed by atoms with Gasteiger partial charge in [0.1, 0.15) is 0 Å². The number of para-hydroxylation sites is 1. The van der Waals surface area contributed by atoms with Gasteiger partial charge >= 0.3 is 0 Å². The van der Waals surface area contributed by atoms with Gasteiger partial charge in [-0.3, -0.25) is 4.57 Å². The molecule has 0 fully saturated rings. The predicted molar refractivity (Wildman–Crippen MR) is 216 cm³/mol. The van der Waals surface area contributed by atoms with E-state index in [0.29, 0.717) is 5.95 Å². The summed E-state index contributed by atoms with van der Waals surface area (Å²) in [7, 11) is 0. The number of thiophene rings is 1. The van der Waals surface area contributed by atoms with Crippen LogP contribution in [0.5, 0.6) is 0 Å². The minimum atomic E-state index is -0.469. The van der Waals surface area contributed by atoms with E-state index in [2.05, 4.69) is 168 Å². The summed E-state index contributed by atoms with van der Waals surface area (Å²) < 4.78 is 4.68. The van der Waals surface area contributed by atoms with E-state index in [0.717, 1.165) is 37.9 Å². The molecule has 0 unspecified atom stereocenters. The average molecular weight is 698 g/mol. The Morgan fingerprint density at radius 3 is 1.96 bits per heavy atom. The number of rotatable bonds is 2. The zero-order chi connectivity index (χ0) is 34.0. The fraction of sp³-hybridized carbons (Fsp3) is 0.0213. The van der Waals surface area contributed by atoms with Gasteiger partial charge in [-0.05, 0) is 51.6 Å². The van der Waals surface area contributed by atoms with Crippen molar-refractivity contribution < 1.29 is 0 Å². The van der Waals surface area contributed by atoms with Crippen molar-refractivity contribution in [3.8, 4) is 28.3 Å². The zero-order valence-electron chi connectivity index (χ0n) is 27.7. The van der Waals surface area contributed by atoms with Crippen LogP contribution in [0, 0.1) is 0 Å². The fourth-order valence-corrected chi connectivity index (χ4v) is 11.5. The van der Waals surface area contributed by atoms with E-state index in [-0.39, 0.29) is 0 Å². The number of nitrogens with zero attached hydrogens (tertiary/aromatic N) is 3.